The van der Waals surface area contributed by atoms with Gasteiger partial charge in [0.05, 0.1) is 38.8 Å². The fourth-order valence-electron chi connectivity index (χ4n) is 6.54. The monoisotopic (exact) mass is 1050 g/mol. The molecule has 0 spiro atoms. The normalized spacial score (nSPS) is 12.6. The van der Waals surface area contributed by atoms with Crippen molar-refractivity contribution < 1.29 is 91.4 Å². The predicted molar refractivity (Wildman–Crippen MR) is 240 cm³/mol. The zero-order valence-electron chi connectivity index (χ0n) is 34.0. The minimum atomic E-state index is -4.98. The Morgan fingerprint density at radius 2 is 1.06 bits per heavy atom. The first kappa shape index (κ1) is 51.6. The third-order valence-electron chi connectivity index (χ3n) is 9.28. The summed E-state index contributed by atoms with van der Waals surface area (Å²) in [6.45, 7) is 3.32. The van der Waals surface area contributed by atoms with E-state index in [1.807, 2.05) is 6.92 Å². The molecule has 7 aromatic rings. The average molecular weight is 1060 g/mol. The van der Waals surface area contributed by atoms with E-state index in [4.69, 9.17) is 10.5 Å². The smallest absolute Gasteiger partial charge is 0.297 e. The summed E-state index contributed by atoms with van der Waals surface area (Å²) in [4.78, 5) is -2.18. The van der Waals surface area contributed by atoms with E-state index in [0.717, 1.165) is 35.9 Å². The van der Waals surface area contributed by atoms with Crippen LogP contribution in [0.5, 0.6) is 11.5 Å². The highest BCUT2D eigenvalue weighted by molar-refractivity contribution is 7.95. The van der Waals surface area contributed by atoms with Crippen molar-refractivity contribution in [2.75, 3.05) is 0 Å². The number of azo groups is 2. The van der Waals surface area contributed by atoms with E-state index >= 15 is 0 Å². The van der Waals surface area contributed by atoms with Gasteiger partial charge < -0.3 is 10.2 Å². The number of rotatable bonds is 14. The first-order valence-electron chi connectivity index (χ1n) is 18.1. The van der Waals surface area contributed by atoms with Gasteiger partial charge in [0.25, 0.3) is 40.5 Å². The fraction of sp³-hybridized carbons (Fsp3) is 0.0526. The third kappa shape index (κ3) is 11.6. The molecule has 0 heterocycles. The van der Waals surface area contributed by atoms with Crippen LogP contribution < -0.4 is 0 Å². The number of aryl methyl sites for hydroxylation is 2. The molecule has 68 heavy (non-hydrogen) atoms. The first-order chi connectivity index (χ1) is 31.8. The lowest BCUT2D eigenvalue weighted by Crippen LogP contribution is -2.03. The molecule has 358 valence electrons. The maximum atomic E-state index is 12.2. The lowest BCUT2D eigenvalue weighted by molar-refractivity contribution is -0.432. The van der Waals surface area contributed by atoms with Crippen LogP contribution in [0.15, 0.2) is 147 Å². The fourth-order valence-corrected chi connectivity index (χ4v) is 10.3. The number of hydrogen-bond acceptors (Lipinski definition) is 22. The third-order valence-corrected chi connectivity index (χ3v) is 14.1. The summed E-state index contributed by atoms with van der Waals surface area (Å²) in [6, 6.07) is 21.1. The molecule has 0 aromatic heterocycles. The molecule has 30 heteroatoms. The van der Waals surface area contributed by atoms with Gasteiger partial charge in [-0.2, -0.15) is 33.7 Å². The van der Waals surface area contributed by atoms with Crippen molar-refractivity contribution in [3.05, 3.63) is 108 Å². The average Bonchev–Trinajstić information content (AvgIpc) is 3.25. The second kappa shape index (κ2) is 20.4. The molecule has 8 N–H and O–H groups in total. The number of benzene rings is 7. The Labute approximate surface area is 392 Å². The molecule has 0 radical (unpaired) electrons. The van der Waals surface area contributed by atoms with Crippen LogP contribution in [0.2, 0.25) is 0 Å². The molecule has 0 fully saturated rings. The molecule has 7 rings (SSSR count). The highest BCUT2D eigenvalue weighted by Gasteiger charge is 2.25. The van der Waals surface area contributed by atoms with Crippen molar-refractivity contribution in [3.63, 3.8) is 0 Å². The summed E-state index contributed by atoms with van der Waals surface area (Å²) >= 11 is 0.861. The van der Waals surface area contributed by atoms with Crippen LogP contribution in [0.25, 0.3) is 32.3 Å². The maximum absolute atomic E-state index is 12.2. The molecule has 0 amide bonds. The van der Waals surface area contributed by atoms with Crippen LogP contribution in [0.1, 0.15) is 11.1 Å². The summed E-state index contributed by atoms with van der Waals surface area (Å²) in [5.41, 5.74) is 0.108. The first-order valence-corrected chi connectivity index (χ1v) is 25.3. The number of fused-ring (bicyclic) bond motifs is 3. The Bertz CT molecular complexity index is 3670. The van der Waals surface area contributed by atoms with E-state index in [1.165, 1.54) is 49.4 Å². The van der Waals surface area contributed by atoms with Crippen molar-refractivity contribution >= 4 is 120 Å². The van der Waals surface area contributed by atoms with Crippen molar-refractivity contribution in [3.8, 4) is 11.5 Å². The minimum absolute atomic E-state index is 0.0241. The summed E-state index contributed by atoms with van der Waals surface area (Å²) in [5.74, 6) is -0.831. The summed E-state index contributed by atoms with van der Waals surface area (Å²) in [6.07, 6.45) is 0. The largest absolute Gasteiger partial charge is 0.505 e. The Morgan fingerprint density at radius 3 is 1.65 bits per heavy atom. The highest BCUT2D eigenvalue weighted by atomic mass is 32.2. The molecule has 0 aliphatic carbocycles. The zero-order chi connectivity index (χ0) is 49.9. The number of hydrogen-bond donors (Lipinski definition) is 8. The molecule has 0 saturated carbocycles. The summed E-state index contributed by atoms with van der Waals surface area (Å²) in [7, 11) is -18.8. The van der Waals surface area contributed by atoms with Gasteiger partial charge >= 0.3 is 0 Å². The Balaban J connectivity index is 0.000000226. The number of aromatic hydroxyl groups is 2. The van der Waals surface area contributed by atoms with E-state index in [1.54, 1.807) is 24.3 Å². The van der Waals surface area contributed by atoms with E-state index in [0.29, 0.717) is 34.9 Å². The minimum Gasteiger partial charge on any atom is -0.505 e. The van der Waals surface area contributed by atoms with Gasteiger partial charge in [0.1, 0.15) is 37.4 Å². The van der Waals surface area contributed by atoms with Crippen molar-refractivity contribution in [1.82, 2.24) is 0 Å². The predicted octanol–water partition coefficient (Wildman–Crippen LogP) is 9.54. The van der Waals surface area contributed by atoms with E-state index < -0.39 is 71.5 Å². The molecule has 0 saturated heterocycles. The van der Waals surface area contributed by atoms with Crippen LogP contribution in [-0.4, -0.2) is 72.6 Å². The molecule has 0 unspecified atom stereocenters. The van der Waals surface area contributed by atoms with Gasteiger partial charge in [-0.1, -0.05) is 64.2 Å². The standard InChI is InChI=1S/C21H16N2O10S3.C17H14N2O10S3/c1-11-5-6-13-12(9-11)10-17(34-33-32-25)19(20(13)24)23-22-16-8-7-14-15(21(16)36(29,30)31)3-2-4-18(14)35(26,27)28;1-9-6-11(31(22,23)24)7-10-8-13(30-29-28-21)16(17(20)15(9)10)19-18-12-4-2-3-5-14(12)32(25,26)27/h2-10,24-25H,1H3,(H,26,27,28)(H,29,30,31);2-8,20-21H,1H3,(H,22,23,24)(H,25,26,27). The Morgan fingerprint density at radius 1 is 0.500 bits per heavy atom. The summed E-state index contributed by atoms with van der Waals surface area (Å²) in [5, 5.41) is 62.2. The van der Waals surface area contributed by atoms with Gasteiger partial charge in [-0.25, -0.2) is 10.5 Å². The van der Waals surface area contributed by atoms with E-state index in [-0.39, 0.29) is 59.7 Å². The second-order valence-corrected chi connectivity index (χ2v) is 20.7. The Kier molecular flexibility index (Phi) is 15.5. The maximum Gasteiger partial charge on any atom is 0.297 e. The molecule has 0 aliphatic rings. The van der Waals surface area contributed by atoms with Gasteiger partial charge in [0.15, 0.2) is 11.5 Å². The number of phenolic OH excluding ortho intramolecular Hbond substituents is 2. The van der Waals surface area contributed by atoms with Crippen LogP contribution in [-0.2, 0) is 59.2 Å². The van der Waals surface area contributed by atoms with Gasteiger partial charge in [0, 0.05) is 21.5 Å². The molecular weight excluding hydrogens is 1020 g/mol. The van der Waals surface area contributed by atoms with Gasteiger partial charge in [-0.05, 0) is 78.7 Å². The second-order valence-electron chi connectivity index (χ2n) is 13.7. The molecule has 0 bridgehead atoms. The van der Waals surface area contributed by atoms with Crippen molar-refractivity contribution in [1.29, 1.82) is 0 Å². The number of nitrogens with zero attached hydrogens (tertiary/aromatic N) is 4. The molecule has 0 atom stereocenters. The Hall–Kier alpha value is -5.78. The summed E-state index contributed by atoms with van der Waals surface area (Å²) < 4.78 is 141. The van der Waals surface area contributed by atoms with Crippen LogP contribution in [0.3, 0.4) is 0 Å². The van der Waals surface area contributed by atoms with Crippen LogP contribution >= 0.6 is 24.1 Å². The van der Waals surface area contributed by atoms with Crippen molar-refractivity contribution in [2.45, 2.75) is 43.2 Å². The van der Waals surface area contributed by atoms with Gasteiger partial charge in [0.2, 0.25) is 0 Å². The van der Waals surface area contributed by atoms with Gasteiger partial charge in [-0.15, -0.1) is 29.1 Å². The van der Waals surface area contributed by atoms with Crippen LogP contribution in [0.4, 0.5) is 22.7 Å². The van der Waals surface area contributed by atoms with E-state index in [2.05, 4.69) is 39.2 Å². The lowest BCUT2D eigenvalue weighted by atomic mass is 10.0. The molecule has 7 aromatic carbocycles. The van der Waals surface area contributed by atoms with Gasteiger partial charge in [-0.3, -0.25) is 18.2 Å². The topological polar surface area (TPSA) is 385 Å². The zero-order valence-corrected chi connectivity index (χ0v) is 38.9. The number of phenols is 2. The van der Waals surface area contributed by atoms with Crippen LogP contribution in [0, 0.1) is 13.8 Å². The molecule has 24 nitrogen and oxygen atoms in total. The quantitative estimate of drug-likeness (QED) is 0.0165. The molecule has 0 aliphatic heterocycles. The van der Waals surface area contributed by atoms with E-state index in [9.17, 15) is 62.1 Å². The molecular formula is C38H30N4O20S6. The SMILES string of the molecule is Cc1cc(S(=O)(=O)O)cc2cc(SOOO)c(N=Nc3ccccc3S(=O)(=O)O)c(O)c12.Cc1ccc2c(O)c(N=Nc3ccc4c(S(=O)(=O)O)cccc4c3S(=O)(=O)O)c(SOOO)cc2c1. The van der Waals surface area contributed by atoms with Crippen molar-refractivity contribution in [2.24, 2.45) is 20.5 Å². The highest BCUT2D eigenvalue weighted by Crippen LogP contribution is 2.47. The lowest BCUT2D eigenvalue weighted by Gasteiger charge is -2.12.